The number of amidine groups is 1. The van der Waals surface area contributed by atoms with Crippen molar-refractivity contribution in [1.82, 2.24) is 0 Å². The third-order valence-corrected chi connectivity index (χ3v) is 2.31. The molecule has 18 heavy (non-hydrogen) atoms. The van der Waals surface area contributed by atoms with Crippen molar-refractivity contribution in [2.45, 2.75) is 26.0 Å². The summed E-state index contributed by atoms with van der Waals surface area (Å²) in [6.45, 7) is -1.09. The van der Waals surface area contributed by atoms with Gasteiger partial charge < -0.3 is 21.0 Å². The summed E-state index contributed by atoms with van der Waals surface area (Å²) in [5.41, 5.74) is 5.83. The highest BCUT2D eigenvalue weighted by atomic mass is 19.3. The normalized spacial score (nSPS) is 13.4. The third-order valence-electron chi connectivity index (χ3n) is 2.31. The molecule has 0 heterocycles. The van der Waals surface area contributed by atoms with Crippen LogP contribution in [0.4, 0.5) is 14.5 Å². The van der Waals surface area contributed by atoms with Crippen LogP contribution in [-0.2, 0) is 0 Å². The third kappa shape index (κ3) is 3.76. The minimum atomic E-state index is -2.91. The maximum atomic E-state index is 12.2. The molecule has 0 saturated heterocycles. The molecule has 0 bridgehead atoms. The summed E-state index contributed by atoms with van der Waals surface area (Å²) in [6.07, 6.45) is 0.527. The van der Waals surface area contributed by atoms with Crippen molar-refractivity contribution in [3.63, 3.8) is 0 Å². The standard InChI is InChI=1S/C11H15F2N3O2/c1-2-7(10(14)16-17)15-8-5-3-4-6-9(8)18-11(12)13/h3-7,11,15,17H,2H2,1H3,(H2,14,16). The van der Waals surface area contributed by atoms with E-state index >= 15 is 0 Å². The van der Waals surface area contributed by atoms with Gasteiger partial charge in [-0.25, -0.2) is 0 Å². The zero-order chi connectivity index (χ0) is 13.5. The number of benzene rings is 1. The highest BCUT2D eigenvalue weighted by Crippen LogP contribution is 2.26. The van der Waals surface area contributed by atoms with Crippen LogP contribution in [0.1, 0.15) is 13.3 Å². The Labute approximate surface area is 103 Å². The fourth-order valence-corrected chi connectivity index (χ4v) is 1.43. The number of nitrogens with two attached hydrogens (primary N) is 1. The average molecular weight is 259 g/mol. The van der Waals surface area contributed by atoms with E-state index in [9.17, 15) is 8.78 Å². The number of hydrogen-bond donors (Lipinski definition) is 3. The second-order valence-electron chi connectivity index (χ2n) is 3.50. The molecular formula is C11H15F2N3O2. The average Bonchev–Trinajstić information content (AvgIpc) is 2.36. The molecule has 0 aliphatic rings. The first kappa shape index (κ1) is 14.0. The highest BCUT2D eigenvalue weighted by Gasteiger charge is 2.15. The van der Waals surface area contributed by atoms with Crippen molar-refractivity contribution < 1.29 is 18.7 Å². The first-order chi connectivity index (χ1) is 8.58. The minimum Gasteiger partial charge on any atom is -0.433 e. The minimum absolute atomic E-state index is 0.0108. The van der Waals surface area contributed by atoms with Gasteiger partial charge in [0.2, 0.25) is 0 Å². The number of ether oxygens (including phenoxy) is 1. The SMILES string of the molecule is CCC(Nc1ccccc1OC(F)F)C(N)=NO. The van der Waals surface area contributed by atoms with Crippen LogP contribution in [0, 0.1) is 0 Å². The van der Waals surface area contributed by atoms with Crippen molar-refractivity contribution in [2.75, 3.05) is 5.32 Å². The molecule has 1 unspecified atom stereocenters. The molecule has 0 saturated carbocycles. The number of nitrogens with one attached hydrogen (secondary N) is 1. The van der Waals surface area contributed by atoms with Gasteiger partial charge in [-0.1, -0.05) is 24.2 Å². The molecule has 1 aromatic rings. The predicted molar refractivity (Wildman–Crippen MR) is 64.2 cm³/mol. The zero-order valence-electron chi connectivity index (χ0n) is 9.81. The lowest BCUT2D eigenvalue weighted by molar-refractivity contribution is -0.0493. The van der Waals surface area contributed by atoms with Crippen LogP contribution in [0.15, 0.2) is 29.4 Å². The van der Waals surface area contributed by atoms with E-state index in [1.54, 1.807) is 18.2 Å². The van der Waals surface area contributed by atoms with E-state index in [1.165, 1.54) is 6.07 Å². The molecule has 1 rings (SSSR count). The molecule has 7 heteroatoms. The molecule has 0 radical (unpaired) electrons. The summed E-state index contributed by atoms with van der Waals surface area (Å²) < 4.78 is 28.8. The fraction of sp³-hybridized carbons (Fsp3) is 0.364. The van der Waals surface area contributed by atoms with Gasteiger partial charge in [0.05, 0.1) is 11.7 Å². The molecule has 0 aliphatic carbocycles. The number of anilines is 1. The maximum absolute atomic E-state index is 12.2. The number of oxime groups is 1. The number of hydrogen-bond acceptors (Lipinski definition) is 4. The van der Waals surface area contributed by atoms with Crippen LogP contribution >= 0.6 is 0 Å². The molecule has 1 atom stereocenters. The van der Waals surface area contributed by atoms with E-state index in [-0.39, 0.29) is 11.6 Å². The number of halogens is 2. The largest absolute Gasteiger partial charge is 0.433 e. The number of para-hydroxylation sites is 2. The highest BCUT2D eigenvalue weighted by molar-refractivity contribution is 5.88. The molecule has 1 aromatic carbocycles. The van der Waals surface area contributed by atoms with Crippen LogP contribution < -0.4 is 15.8 Å². The molecule has 0 fully saturated rings. The molecule has 0 spiro atoms. The summed E-state index contributed by atoms with van der Waals surface area (Å²) in [7, 11) is 0. The van der Waals surface area contributed by atoms with Gasteiger partial charge in [-0.05, 0) is 18.6 Å². The molecular weight excluding hydrogens is 244 g/mol. The lowest BCUT2D eigenvalue weighted by Crippen LogP contribution is -2.35. The Kier molecular flexibility index (Phi) is 5.16. The van der Waals surface area contributed by atoms with Gasteiger partial charge in [0.25, 0.3) is 0 Å². The van der Waals surface area contributed by atoms with Gasteiger partial charge in [0.1, 0.15) is 5.75 Å². The Morgan fingerprint density at radius 1 is 1.50 bits per heavy atom. The Balaban J connectivity index is 2.88. The maximum Gasteiger partial charge on any atom is 0.387 e. The topological polar surface area (TPSA) is 79.9 Å². The second kappa shape index (κ2) is 6.63. The summed E-state index contributed by atoms with van der Waals surface area (Å²) in [6, 6.07) is 5.77. The monoisotopic (exact) mass is 259 g/mol. The Hall–Kier alpha value is -2.05. The van der Waals surface area contributed by atoms with Crippen LogP contribution in [0.5, 0.6) is 5.75 Å². The molecule has 0 aliphatic heterocycles. The predicted octanol–water partition coefficient (Wildman–Crippen LogP) is 2.22. The van der Waals surface area contributed by atoms with Gasteiger partial charge in [-0.15, -0.1) is 0 Å². The zero-order valence-corrected chi connectivity index (χ0v) is 9.81. The van der Waals surface area contributed by atoms with Crippen LogP contribution in [-0.4, -0.2) is 23.7 Å². The van der Waals surface area contributed by atoms with Gasteiger partial charge >= 0.3 is 6.61 Å². The van der Waals surface area contributed by atoms with Crippen molar-refractivity contribution in [3.05, 3.63) is 24.3 Å². The van der Waals surface area contributed by atoms with E-state index in [2.05, 4.69) is 15.2 Å². The van der Waals surface area contributed by atoms with Gasteiger partial charge in [0, 0.05) is 0 Å². The first-order valence-corrected chi connectivity index (χ1v) is 5.36. The van der Waals surface area contributed by atoms with Gasteiger partial charge in [-0.3, -0.25) is 0 Å². The second-order valence-corrected chi connectivity index (χ2v) is 3.50. The fourth-order valence-electron chi connectivity index (χ4n) is 1.43. The molecule has 5 nitrogen and oxygen atoms in total. The Morgan fingerprint density at radius 3 is 2.72 bits per heavy atom. The van der Waals surface area contributed by atoms with E-state index in [1.807, 2.05) is 6.92 Å². The molecule has 100 valence electrons. The van der Waals surface area contributed by atoms with Gasteiger partial charge in [0.15, 0.2) is 5.84 Å². The van der Waals surface area contributed by atoms with E-state index in [0.29, 0.717) is 12.1 Å². The van der Waals surface area contributed by atoms with Gasteiger partial charge in [-0.2, -0.15) is 8.78 Å². The van der Waals surface area contributed by atoms with Crippen molar-refractivity contribution in [3.8, 4) is 5.75 Å². The number of rotatable bonds is 6. The van der Waals surface area contributed by atoms with Crippen molar-refractivity contribution in [2.24, 2.45) is 10.9 Å². The number of nitrogens with zero attached hydrogens (tertiary/aromatic N) is 1. The first-order valence-electron chi connectivity index (χ1n) is 5.36. The lowest BCUT2D eigenvalue weighted by atomic mass is 10.2. The van der Waals surface area contributed by atoms with Crippen LogP contribution in [0.2, 0.25) is 0 Å². The Morgan fingerprint density at radius 2 is 2.17 bits per heavy atom. The van der Waals surface area contributed by atoms with Crippen LogP contribution in [0.3, 0.4) is 0 Å². The van der Waals surface area contributed by atoms with Crippen LogP contribution in [0.25, 0.3) is 0 Å². The molecule has 4 N–H and O–H groups in total. The molecule has 0 aromatic heterocycles. The van der Waals surface area contributed by atoms with E-state index in [4.69, 9.17) is 10.9 Å². The summed E-state index contributed by atoms with van der Waals surface area (Å²) in [4.78, 5) is 0. The van der Waals surface area contributed by atoms with E-state index < -0.39 is 12.7 Å². The Bertz CT molecular complexity index is 413. The lowest BCUT2D eigenvalue weighted by Gasteiger charge is -2.19. The summed E-state index contributed by atoms with van der Waals surface area (Å²) in [5.74, 6) is -0.0129. The summed E-state index contributed by atoms with van der Waals surface area (Å²) >= 11 is 0. The quantitative estimate of drug-likeness (QED) is 0.317. The molecule has 0 amide bonds. The van der Waals surface area contributed by atoms with E-state index in [0.717, 1.165) is 0 Å². The van der Waals surface area contributed by atoms with Crippen molar-refractivity contribution >= 4 is 11.5 Å². The number of alkyl halides is 2. The van der Waals surface area contributed by atoms with Crippen molar-refractivity contribution in [1.29, 1.82) is 0 Å². The summed E-state index contributed by atoms with van der Waals surface area (Å²) in [5, 5.41) is 14.4. The smallest absolute Gasteiger partial charge is 0.387 e.